The molecule has 4 heterocycles. The number of halogens is 1. The second kappa shape index (κ2) is 11.9. The first-order valence-corrected chi connectivity index (χ1v) is 16.4. The molecule has 0 radical (unpaired) electrons. The van der Waals surface area contributed by atoms with E-state index in [9.17, 15) is 9.18 Å². The van der Waals surface area contributed by atoms with Crippen LogP contribution in [0.15, 0.2) is 54.9 Å². The fourth-order valence-corrected chi connectivity index (χ4v) is 7.56. The van der Waals surface area contributed by atoms with Crippen molar-refractivity contribution in [3.8, 4) is 23.0 Å². The number of hydrogen-bond donors (Lipinski definition) is 1. The van der Waals surface area contributed by atoms with Crippen molar-refractivity contribution in [3.63, 3.8) is 0 Å². The molecule has 46 heavy (non-hydrogen) atoms. The summed E-state index contributed by atoms with van der Waals surface area (Å²) in [5.74, 6) is 2.15. The van der Waals surface area contributed by atoms with E-state index in [1.165, 1.54) is 37.2 Å². The molecule has 9 nitrogen and oxygen atoms in total. The van der Waals surface area contributed by atoms with Gasteiger partial charge in [0, 0.05) is 75.2 Å². The van der Waals surface area contributed by atoms with Crippen LogP contribution >= 0.6 is 0 Å². The Bertz CT molecular complexity index is 1730. The monoisotopic (exact) mass is 625 g/mol. The summed E-state index contributed by atoms with van der Waals surface area (Å²) in [7, 11) is 1.72. The summed E-state index contributed by atoms with van der Waals surface area (Å²) in [6, 6.07) is 14.3. The van der Waals surface area contributed by atoms with Gasteiger partial charge >= 0.3 is 0 Å². The third kappa shape index (κ3) is 5.58. The zero-order valence-corrected chi connectivity index (χ0v) is 26.2. The van der Waals surface area contributed by atoms with Crippen LogP contribution in [0.3, 0.4) is 0 Å². The smallest absolute Gasteiger partial charge is 0.161 e. The third-order valence-electron chi connectivity index (χ3n) is 10.5. The number of H-pyrrole nitrogens is 1. The van der Waals surface area contributed by atoms with Gasteiger partial charge in [-0.05, 0) is 68.0 Å². The number of aromatic amines is 1. The maximum atomic E-state index is 14.1. The molecule has 0 atom stereocenters. The Labute approximate surface area is 268 Å². The molecular weight excluding hydrogens is 585 g/mol. The average molecular weight is 626 g/mol. The Hall–Kier alpha value is -4.15. The van der Waals surface area contributed by atoms with Crippen molar-refractivity contribution in [2.45, 2.75) is 50.8 Å². The first-order valence-electron chi connectivity index (χ1n) is 16.4. The molecule has 2 aromatic carbocycles. The maximum Gasteiger partial charge on any atom is 0.161 e. The quantitative estimate of drug-likeness (QED) is 0.214. The molecule has 2 saturated carbocycles. The van der Waals surface area contributed by atoms with Crippen LogP contribution in [0.2, 0.25) is 0 Å². The number of nitrogens with zero attached hydrogens (tertiary/aromatic N) is 4. The number of pyridine rings is 1. The molecule has 0 amide bonds. The van der Waals surface area contributed by atoms with E-state index in [2.05, 4.69) is 42.9 Å². The van der Waals surface area contributed by atoms with Crippen molar-refractivity contribution >= 4 is 23.0 Å². The SMILES string of the molecule is COc1cc(CN2CCN(C3CC4(C3)CN(c3ccc(C=O)c(Oc5cnc6[nH]cc(F)c6c5)c3)C4)CC2)ccc1OC1CCC1. The lowest BCUT2D eigenvalue weighted by molar-refractivity contribution is -0.0380. The lowest BCUT2D eigenvalue weighted by atomic mass is 9.60. The summed E-state index contributed by atoms with van der Waals surface area (Å²) in [5.41, 5.74) is 3.57. The number of aromatic nitrogens is 2. The fraction of sp³-hybridized carbons (Fsp3) is 0.444. The van der Waals surface area contributed by atoms with E-state index in [0.29, 0.717) is 45.7 Å². The highest BCUT2D eigenvalue weighted by atomic mass is 19.1. The number of nitrogens with one attached hydrogen (secondary N) is 1. The first-order chi connectivity index (χ1) is 22.5. The standard InChI is InChI=1S/C36H40FN5O4/c1-44-34-13-24(5-8-32(34)45-28-3-2-4-28)20-40-9-11-41(12-10-40)27-16-36(17-27)22-42(23-36)26-7-6-25(21-43)33(14-26)46-29-15-30-31(37)19-39-35(30)38-18-29/h5-8,13-15,18-19,21,27-28H,2-4,9-12,16-17,20,22-23H2,1H3,(H,38,39). The number of methoxy groups -OCH3 is 1. The molecule has 4 aliphatic rings. The molecule has 8 rings (SSSR count). The maximum absolute atomic E-state index is 14.1. The normalized spacial score (nSPS) is 20.3. The summed E-state index contributed by atoms with van der Waals surface area (Å²) >= 11 is 0. The minimum atomic E-state index is -0.388. The van der Waals surface area contributed by atoms with Gasteiger partial charge in [-0.2, -0.15) is 0 Å². The van der Waals surface area contributed by atoms with Crippen LogP contribution in [-0.4, -0.2) is 84.6 Å². The van der Waals surface area contributed by atoms with Gasteiger partial charge in [0.15, 0.2) is 17.8 Å². The Morgan fingerprint density at radius 3 is 2.59 bits per heavy atom. The van der Waals surface area contributed by atoms with Gasteiger partial charge in [-0.25, -0.2) is 9.37 Å². The number of piperazine rings is 1. The van der Waals surface area contributed by atoms with Gasteiger partial charge in [-0.1, -0.05) is 6.07 Å². The minimum absolute atomic E-state index is 0.341. The summed E-state index contributed by atoms with van der Waals surface area (Å²) in [5, 5.41) is 0.354. The predicted molar refractivity (Wildman–Crippen MR) is 174 cm³/mol. The molecule has 2 aliphatic carbocycles. The number of ether oxygens (including phenoxy) is 3. The number of carbonyl (C=O) groups excluding carboxylic acids is 1. The van der Waals surface area contributed by atoms with Crippen molar-refractivity contribution in [1.29, 1.82) is 0 Å². The molecule has 0 unspecified atom stereocenters. The van der Waals surface area contributed by atoms with Gasteiger partial charge in [0.25, 0.3) is 0 Å². The van der Waals surface area contributed by atoms with E-state index in [-0.39, 0.29) is 5.82 Å². The number of benzene rings is 2. The van der Waals surface area contributed by atoms with Crippen LogP contribution in [0.4, 0.5) is 10.1 Å². The second-order valence-corrected chi connectivity index (χ2v) is 13.5. The van der Waals surface area contributed by atoms with Crippen LogP contribution in [0, 0.1) is 11.2 Å². The lowest BCUT2D eigenvalue weighted by Crippen LogP contribution is -2.68. The Kier molecular flexibility index (Phi) is 7.57. The zero-order valence-electron chi connectivity index (χ0n) is 26.2. The van der Waals surface area contributed by atoms with Gasteiger partial charge < -0.3 is 24.1 Å². The molecule has 1 N–H and O–H groups in total. The Morgan fingerprint density at radius 1 is 1.02 bits per heavy atom. The third-order valence-corrected chi connectivity index (χ3v) is 10.5. The number of fused-ring (bicyclic) bond motifs is 1. The largest absolute Gasteiger partial charge is 0.493 e. The summed E-state index contributed by atoms with van der Waals surface area (Å²) < 4.78 is 31.9. The van der Waals surface area contributed by atoms with Crippen LogP contribution in [0.1, 0.15) is 48.0 Å². The number of aldehydes is 1. The van der Waals surface area contributed by atoms with Crippen molar-refractivity contribution in [1.82, 2.24) is 19.8 Å². The van der Waals surface area contributed by atoms with E-state index in [0.717, 1.165) is 82.1 Å². The van der Waals surface area contributed by atoms with Crippen molar-refractivity contribution in [2.24, 2.45) is 5.41 Å². The van der Waals surface area contributed by atoms with E-state index < -0.39 is 0 Å². The topological polar surface area (TPSA) is 83.2 Å². The zero-order chi connectivity index (χ0) is 31.3. The highest BCUT2D eigenvalue weighted by Gasteiger charge is 2.54. The van der Waals surface area contributed by atoms with E-state index in [1.807, 2.05) is 12.1 Å². The molecule has 10 heteroatoms. The second-order valence-electron chi connectivity index (χ2n) is 13.5. The average Bonchev–Trinajstić information content (AvgIpc) is 3.38. The molecule has 2 saturated heterocycles. The van der Waals surface area contributed by atoms with Gasteiger partial charge in [-0.3, -0.25) is 14.6 Å². The van der Waals surface area contributed by atoms with Crippen molar-refractivity contribution < 1.29 is 23.4 Å². The summed E-state index contributed by atoms with van der Waals surface area (Å²) in [6.45, 7) is 7.30. The van der Waals surface area contributed by atoms with Gasteiger partial charge in [-0.15, -0.1) is 0 Å². The molecule has 2 aromatic heterocycles. The van der Waals surface area contributed by atoms with Crippen molar-refractivity contribution in [3.05, 3.63) is 71.8 Å². The Balaban J connectivity index is 0.824. The number of rotatable bonds is 10. The molecular formula is C36H40FN5O4. The van der Waals surface area contributed by atoms with Crippen LogP contribution in [-0.2, 0) is 6.54 Å². The van der Waals surface area contributed by atoms with Gasteiger partial charge in [0.2, 0.25) is 0 Å². The van der Waals surface area contributed by atoms with Crippen LogP contribution < -0.4 is 19.1 Å². The number of carbonyl (C=O) groups is 1. The molecule has 240 valence electrons. The fourth-order valence-electron chi connectivity index (χ4n) is 7.56. The lowest BCUT2D eigenvalue weighted by Gasteiger charge is -2.62. The highest BCUT2D eigenvalue weighted by Crippen LogP contribution is 2.52. The molecule has 0 bridgehead atoms. The first kappa shape index (κ1) is 29.3. The molecule has 4 aromatic rings. The molecule has 2 aliphatic heterocycles. The van der Waals surface area contributed by atoms with Crippen LogP contribution in [0.25, 0.3) is 11.0 Å². The Morgan fingerprint density at radius 2 is 1.85 bits per heavy atom. The van der Waals surface area contributed by atoms with Crippen molar-refractivity contribution in [2.75, 3.05) is 51.3 Å². The molecule has 4 fully saturated rings. The van der Waals surface area contributed by atoms with E-state index >= 15 is 0 Å². The summed E-state index contributed by atoms with van der Waals surface area (Å²) in [4.78, 5) is 26.4. The molecule has 1 spiro atoms. The van der Waals surface area contributed by atoms with E-state index in [1.54, 1.807) is 19.2 Å². The van der Waals surface area contributed by atoms with Gasteiger partial charge in [0.05, 0.1) is 30.4 Å². The highest BCUT2D eigenvalue weighted by molar-refractivity contribution is 5.82. The van der Waals surface area contributed by atoms with Gasteiger partial charge in [0.1, 0.15) is 23.0 Å². The number of hydrogen-bond acceptors (Lipinski definition) is 8. The number of anilines is 1. The van der Waals surface area contributed by atoms with Crippen LogP contribution in [0.5, 0.6) is 23.0 Å². The minimum Gasteiger partial charge on any atom is -0.493 e. The van der Waals surface area contributed by atoms with E-state index in [4.69, 9.17) is 14.2 Å². The predicted octanol–water partition coefficient (Wildman–Crippen LogP) is 6.03. The summed E-state index contributed by atoms with van der Waals surface area (Å²) in [6.07, 6.45) is 9.92.